The van der Waals surface area contributed by atoms with Crippen molar-refractivity contribution < 1.29 is 27.2 Å². The smallest absolute Gasteiger partial charge is 0.198 e. The minimum absolute atomic E-state index is 0.309. The van der Waals surface area contributed by atoms with Crippen LogP contribution in [-0.2, 0) is 0 Å². The molecule has 3 rings (SSSR count). The first-order valence-electron chi connectivity index (χ1n) is 6.89. The van der Waals surface area contributed by atoms with Gasteiger partial charge in [-0.25, -0.2) is 17.6 Å². The molecule has 0 bridgehead atoms. The summed E-state index contributed by atoms with van der Waals surface area (Å²) in [6.07, 6.45) is 3.83. The van der Waals surface area contributed by atoms with Gasteiger partial charge in [0.15, 0.2) is 34.8 Å². The summed E-state index contributed by atoms with van der Waals surface area (Å²) in [5.41, 5.74) is -1.85. The zero-order valence-electron chi connectivity index (χ0n) is 11.0. The predicted molar refractivity (Wildman–Crippen MR) is 65.0 cm³/mol. The van der Waals surface area contributed by atoms with Crippen molar-refractivity contribution >= 4 is 11.6 Å². The largest absolute Gasteiger partial charge is 0.293 e. The molecule has 0 aromatic heterocycles. The Kier molecular flexibility index (Phi) is 3.34. The SMILES string of the molecule is O=C1c2c(F)c(F)c(F)c(F)c2C(=O)C1C1CCCCC1. The fourth-order valence-electron chi connectivity index (χ4n) is 3.42. The zero-order valence-corrected chi connectivity index (χ0v) is 11.0. The molecule has 1 aromatic rings. The first-order chi connectivity index (χ1) is 9.95. The van der Waals surface area contributed by atoms with Gasteiger partial charge in [-0.1, -0.05) is 19.3 Å². The van der Waals surface area contributed by atoms with E-state index in [1.807, 2.05) is 0 Å². The highest BCUT2D eigenvalue weighted by Crippen LogP contribution is 2.41. The van der Waals surface area contributed by atoms with Crippen LogP contribution in [0.5, 0.6) is 0 Å². The molecule has 0 amide bonds. The summed E-state index contributed by atoms with van der Waals surface area (Å²) in [4.78, 5) is 24.5. The molecule has 1 aromatic carbocycles. The topological polar surface area (TPSA) is 34.1 Å². The molecular formula is C15H12F4O2. The first kappa shape index (κ1) is 14.2. The molecule has 1 saturated carbocycles. The van der Waals surface area contributed by atoms with Crippen LogP contribution in [0.4, 0.5) is 17.6 Å². The molecule has 0 N–H and O–H groups in total. The number of ketones is 2. The van der Waals surface area contributed by atoms with Crippen LogP contribution in [0.3, 0.4) is 0 Å². The summed E-state index contributed by atoms with van der Waals surface area (Å²) in [7, 11) is 0. The van der Waals surface area contributed by atoms with E-state index in [0.29, 0.717) is 12.8 Å². The second-order valence-corrected chi connectivity index (χ2v) is 5.61. The molecule has 2 aliphatic carbocycles. The predicted octanol–water partition coefficient (Wildman–Crippen LogP) is 3.82. The van der Waals surface area contributed by atoms with E-state index in [-0.39, 0.29) is 5.92 Å². The summed E-state index contributed by atoms with van der Waals surface area (Å²) < 4.78 is 54.0. The van der Waals surface area contributed by atoms with Crippen LogP contribution in [-0.4, -0.2) is 11.6 Å². The molecule has 1 fully saturated rings. The molecule has 0 heterocycles. The van der Waals surface area contributed by atoms with Gasteiger partial charge in [-0.05, 0) is 18.8 Å². The number of Topliss-reactive ketones (excluding diaryl/α,β-unsaturated/α-hetero) is 2. The van der Waals surface area contributed by atoms with Gasteiger partial charge in [-0.15, -0.1) is 0 Å². The fraction of sp³-hybridized carbons (Fsp3) is 0.467. The van der Waals surface area contributed by atoms with Gasteiger partial charge in [-0.2, -0.15) is 0 Å². The van der Waals surface area contributed by atoms with E-state index in [1.165, 1.54) is 0 Å². The van der Waals surface area contributed by atoms with Crippen LogP contribution in [0.1, 0.15) is 52.8 Å². The Bertz CT molecular complexity index is 601. The van der Waals surface area contributed by atoms with Crippen molar-refractivity contribution in [2.75, 3.05) is 0 Å². The van der Waals surface area contributed by atoms with E-state index in [0.717, 1.165) is 19.3 Å². The van der Waals surface area contributed by atoms with Crippen molar-refractivity contribution in [2.45, 2.75) is 32.1 Å². The van der Waals surface area contributed by atoms with Crippen molar-refractivity contribution in [1.82, 2.24) is 0 Å². The molecule has 21 heavy (non-hydrogen) atoms. The lowest BCUT2D eigenvalue weighted by molar-refractivity contribution is 0.0754. The standard InChI is InChI=1S/C15H12F4O2/c16-10-8-9(11(17)13(19)12(10)18)15(21)7(14(8)20)6-4-2-1-3-5-6/h6-7H,1-5H2. The average molecular weight is 300 g/mol. The summed E-state index contributed by atoms with van der Waals surface area (Å²) in [5, 5.41) is 0. The summed E-state index contributed by atoms with van der Waals surface area (Å²) in [6, 6.07) is 0. The molecule has 6 heteroatoms. The summed E-state index contributed by atoms with van der Waals surface area (Å²) >= 11 is 0. The second kappa shape index (κ2) is 4.93. The molecule has 0 radical (unpaired) electrons. The molecule has 0 spiro atoms. The maximum absolute atomic E-state index is 13.8. The van der Waals surface area contributed by atoms with Crippen LogP contribution in [0.15, 0.2) is 0 Å². The Morgan fingerprint density at radius 2 is 1.10 bits per heavy atom. The molecule has 0 atom stereocenters. The highest BCUT2D eigenvalue weighted by molar-refractivity contribution is 6.26. The number of hydrogen-bond acceptors (Lipinski definition) is 2. The van der Waals surface area contributed by atoms with Gasteiger partial charge in [0.25, 0.3) is 0 Å². The van der Waals surface area contributed by atoms with Gasteiger partial charge in [-0.3, -0.25) is 9.59 Å². The number of carbonyl (C=O) groups is 2. The van der Waals surface area contributed by atoms with Crippen molar-refractivity contribution in [2.24, 2.45) is 11.8 Å². The van der Waals surface area contributed by atoms with Crippen LogP contribution in [0, 0.1) is 35.1 Å². The average Bonchev–Trinajstić information content (AvgIpc) is 2.75. The maximum atomic E-state index is 13.8. The minimum atomic E-state index is -2.04. The van der Waals surface area contributed by atoms with E-state index < -0.39 is 51.9 Å². The maximum Gasteiger partial charge on any atom is 0.198 e. The number of hydrogen-bond donors (Lipinski definition) is 0. The van der Waals surface area contributed by atoms with E-state index in [2.05, 4.69) is 0 Å². The third-order valence-electron chi connectivity index (χ3n) is 4.45. The molecule has 0 aliphatic heterocycles. The van der Waals surface area contributed by atoms with E-state index in [1.54, 1.807) is 0 Å². The van der Waals surface area contributed by atoms with Crippen molar-refractivity contribution in [3.8, 4) is 0 Å². The monoisotopic (exact) mass is 300 g/mol. The highest BCUT2D eigenvalue weighted by Gasteiger charge is 2.48. The Labute approximate surface area is 118 Å². The van der Waals surface area contributed by atoms with Crippen LogP contribution >= 0.6 is 0 Å². The van der Waals surface area contributed by atoms with E-state index in [9.17, 15) is 27.2 Å². The van der Waals surface area contributed by atoms with Gasteiger partial charge in [0, 0.05) is 0 Å². The van der Waals surface area contributed by atoms with Crippen LogP contribution in [0.25, 0.3) is 0 Å². The lowest BCUT2D eigenvalue weighted by atomic mass is 9.78. The third kappa shape index (κ3) is 1.92. The molecule has 2 nitrogen and oxygen atoms in total. The second-order valence-electron chi connectivity index (χ2n) is 5.61. The van der Waals surface area contributed by atoms with Crippen LogP contribution < -0.4 is 0 Å². The summed E-state index contributed by atoms with van der Waals surface area (Å²) in [5.74, 6) is -11.0. The quantitative estimate of drug-likeness (QED) is 0.342. The Balaban J connectivity index is 2.12. The normalized spacial score (nSPS) is 20.2. The molecular weight excluding hydrogens is 288 g/mol. The van der Waals surface area contributed by atoms with Gasteiger partial charge in [0.2, 0.25) is 0 Å². The Morgan fingerprint density at radius 1 is 0.667 bits per heavy atom. The minimum Gasteiger partial charge on any atom is -0.293 e. The highest BCUT2D eigenvalue weighted by atomic mass is 19.2. The number of carbonyl (C=O) groups excluding carboxylic acids is 2. The Hall–Kier alpha value is -1.72. The number of benzene rings is 1. The first-order valence-corrected chi connectivity index (χ1v) is 6.89. The van der Waals surface area contributed by atoms with Gasteiger partial charge in [0.1, 0.15) is 0 Å². The molecule has 2 aliphatic rings. The van der Waals surface area contributed by atoms with Crippen LogP contribution in [0.2, 0.25) is 0 Å². The Morgan fingerprint density at radius 3 is 1.52 bits per heavy atom. The summed E-state index contributed by atoms with van der Waals surface area (Å²) in [6.45, 7) is 0. The van der Waals surface area contributed by atoms with Gasteiger partial charge >= 0.3 is 0 Å². The number of halogens is 4. The molecule has 0 saturated heterocycles. The van der Waals surface area contributed by atoms with Gasteiger partial charge in [0.05, 0.1) is 17.0 Å². The lowest BCUT2D eigenvalue weighted by Crippen LogP contribution is -2.27. The zero-order chi connectivity index (χ0) is 15.3. The van der Waals surface area contributed by atoms with E-state index in [4.69, 9.17) is 0 Å². The number of fused-ring (bicyclic) bond motifs is 1. The number of rotatable bonds is 1. The third-order valence-corrected chi connectivity index (χ3v) is 4.45. The van der Waals surface area contributed by atoms with Crippen molar-refractivity contribution in [3.05, 3.63) is 34.4 Å². The lowest BCUT2D eigenvalue weighted by Gasteiger charge is -2.25. The van der Waals surface area contributed by atoms with Crippen molar-refractivity contribution in [3.63, 3.8) is 0 Å². The molecule has 112 valence electrons. The fourth-order valence-corrected chi connectivity index (χ4v) is 3.42. The molecule has 0 unspecified atom stereocenters. The van der Waals surface area contributed by atoms with Gasteiger partial charge < -0.3 is 0 Å². The van der Waals surface area contributed by atoms with E-state index >= 15 is 0 Å². The van der Waals surface area contributed by atoms with Crippen molar-refractivity contribution in [1.29, 1.82) is 0 Å².